The third-order valence-electron chi connectivity index (χ3n) is 2.97. The summed E-state index contributed by atoms with van der Waals surface area (Å²) >= 11 is 1.33. The highest BCUT2D eigenvalue weighted by Gasteiger charge is 2.29. The van der Waals surface area contributed by atoms with E-state index in [1.807, 2.05) is 6.07 Å². The Balaban J connectivity index is 2.29. The van der Waals surface area contributed by atoms with Crippen LogP contribution >= 0.6 is 11.8 Å². The highest BCUT2D eigenvalue weighted by Crippen LogP contribution is 2.33. The van der Waals surface area contributed by atoms with Gasteiger partial charge in [0.2, 0.25) is 0 Å². The second-order valence-electron chi connectivity index (χ2n) is 4.34. The molecule has 1 aliphatic rings. The number of carbonyl (C=O) groups is 1. The van der Waals surface area contributed by atoms with E-state index in [1.165, 1.54) is 23.8 Å². The normalized spacial score (nSPS) is 17.9. The van der Waals surface area contributed by atoms with Gasteiger partial charge in [0.15, 0.2) is 23.3 Å². The van der Waals surface area contributed by atoms with Crippen LogP contribution in [0.25, 0.3) is 6.08 Å². The lowest BCUT2D eigenvalue weighted by atomic mass is 10.2. The fourth-order valence-electron chi connectivity index (χ4n) is 1.90. The molecule has 6 nitrogen and oxygen atoms in total. The summed E-state index contributed by atoms with van der Waals surface area (Å²) in [6.07, 6.45) is 1.78. The van der Waals surface area contributed by atoms with E-state index in [1.54, 1.807) is 38.4 Å². The molecular formula is C15H15N3O3S. The molecule has 0 N–H and O–H groups in total. The molecule has 0 atom stereocenters. The van der Waals surface area contributed by atoms with Crippen LogP contribution in [0, 0.1) is 11.3 Å². The van der Waals surface area contributed by atoms with Crippen LogP contribution in [0.4, 0.5) is 0 Å². The van der Waals surface area contributed by atoms with E-state index in [4.69, 9.17) is 14.7 Å². The minimum atomic E-state index is -0.0885. The fraction of sp³-hybridized carbons (Fsp3) is 0.267. The largest absolute Gasteiger partial charge is 0.493 e. The third-order valence-corrected chi connectivity index (χ3v) is 4.12. The van der Waals surface area contributed by atoms with E-state index in [9.17, 15) is 4.79 Å². The van der Waals surface area contributed by atoms with Crippen molar-refractivity contribution in [3.8, 4) is 17.6 Å². The first-order valence-electron chi connectivity index (χ1n) is 6.43. The number of likely N-dealkylation sites (N-methyl/N-ethyl adjacent to an activating group) is 1. The van der Waals surface area contributed by atoms with Crippen molar-refractivity contribution in [2.24, 2.45) is 4.99 Å². The van der Waals surface area contributed by atoms with Gasteiger partial charge in [-0.15, -0.1) is 0 Å². The molecule has 22 heavy (non-hydrogen) atoms. The lowest BCUT2D eigenvalue weighted by Crippen LogP contribution is -2.23. The minimum absolute atomic E-state index is 0.0494. The van der Waals surface area contributed by atoms with Gasteiger partial charge in [0.05, 0.1) is 12.0 Å². The van der Waals surface area contributed by atoms with Gasteiger partial charge in [-0.3, -0.25) is 14.7 Å². The number of nitrogens with zero attached hydrogens (tertiary/aromatic N) is 3. The van der Waals surface area contributed by atoms with Crippen LogP contribution in [-0.2, 0) is 4.79 Å². The molecule has 1 fully saturated rings. The van der Waals surface area contributed by atoms with E-state index in [0.717, 1.165) is 5.56 Å². The number of thioether (sulfide) groups is 1. The summed E-state index contributed by atoms with van der Waals surface area (Å²) in [4.78, 5) is 18.3. The number of hydrogen-bond donors (Lipinski definition) is 0. The van der Waals surface area contributed by atoms with Gasteiger partial charge < -0.3 is 9.47 Å². The summed E-state index contributed by atoms with van der Waals surface area (Å²) in [6, 6.07) is 7.18. The number of aliphatic imine (C=N–C) groups is 1. The molecule has 1 aromatic carbocycles. The van der Waals surface area contributed by atoms with Gasteiger partial charge in [-0.1, -0.05) is 6.07 Å². The Morgan fingerprint density at radius 2 is 2.23 bits per heavy atom. The van der Waals surface area contributed by atoms with E-state index < -0.39 is 0 Å². The molecule has 1 heterocycles. The molecule has 1 aromatic rings. The first kappa shape index (κ1) is 15.9. The minimum Gasteiger partial charge on any atom is -0.493 e. The first-order chi connectivity index (χ1) is 10.6. The van der Waals surface area contributed by atoms with Crippen molar-refractivity contribution in [2.75, 3.05) is 27.8 Å². The number of rotatable bonds is 4. The van der Waals surface area contributed by atoms with Crippen LogP contribution in [0.3, 0.4) is 0 Å². The number of amidine groups is 1. The fourth-order valence-corrected chi connectivity index (χ4v) is 2.83. The van der Waals surface area contributed by atoms with Gasteiger partial charge in [-0.05, 0) is 35.5 Å². The monoisotopic (exact) mass is 317 g/mol. The van der Waals surface area contributed by atoms with Crippen molar-refractivity contribution < 1.29 is 14.3 Å². The maximum absolute atomic E-state index is 12.1. The second-order valence-corrected chi connectivity index (χ2v) is 5.35. The zero-order valence-corrected chi connectivity index (χ0v) is 13.3. The van der Waals surface area contributed by atoms with Crippen LogP contribution in [0.2, 0.25) is 0 Å². The standard InChI is InChI=1S/C15H15N3O3S/c1-17-15-18(2)14(19)13(22-15)9-10-4-5-11(21-7-6-16)12(8-10)20-3/h4-5,8-9H,7H2,1-3H3/b13-9-,17-15?. The number of hydrogen-bond acceptors (Lipinski definition) is 6. The summed E-state index contributed by atoms with van der Waals surface area (Å²) in [5.74, 6) is 0.914. The molecule has 0 bridgehead atoms. The summed E-state index contributed by atoms with van der Waals surface area (Å²) in [5, 5.41) is 9.22. The molecular weight excluding hydrogens is 302 g/mol. The Morgan fingerprint density at radius 3 is 2.82 bits per heavy atom. The van der Waals surface area contributed by atoms with Gasteiger partial charge in [-0.2, -0.15) is 5.26 Å². The van der Waals surface area contributed by atoms with Crippen molar-refractivity contribution >= 4 is 28.9 Å². The average molecular weight is 317 g/mol. The number of benzene rings is 1. The number of methoxy groups -OCH3 is 1. The van der Waals surface area contributed by atoms with Gasteiger partial charge in [0, 0.05) is 14.1 Å². The number of ether oxygens (including phenoxy) is 2. The zero-order chi connectivity index (χ0) is 16.1. The molecule has 0 spiro atoms. The van der Waals surface area contributed by atoms with Crippen molar-refractivity contribution in [3.63, 3.8) is 0 Å². The van der Waals surface area contributed by atoms with Crippen LogP contribution < -0.4 is 9.47 Å². The van der Waals surface area contributed by atoms with Crippen LogP contribution in [-0.4, -0.2) is 43.8 Å². The highest BCUT2D eigenvalue weighted by atomic mass is 32.2. The molecule has 2 rings (SSSR count). The Hall–Kier alpha value is -2.46. The van der Waals surface area contributed by atoms with Crippen molar-refractivity contribution in [2.45, 2.75) is 0 Å². The molecule has 7 heteroatoms. The predicted octanol–water partition coefficient (Wildman–Crippen LogP) is 2.13. The molecule has 1 aliphatic heterocycles. The summed E-state index contributed by atoms with van der Waals surface area (Å²) in [5.41, 5.74) is 0.808. The molecule has 0 saturated carbocycles. The van der Waals surface area contributed by atoms with Gasteiger partial charge in [-0.25, -0.2) is 0 Å². The number of amides is 1. The maximum Gasteiger partial charge on any atom is 0.266 e. The van der Waals surface area contributed by atoms with E-state index >= 15 is 0 Å². The van der Waals surface area contributed by atoms with Crippen LogP contribution in [0.1, 0.15) is 5.56 Å². The van der Waals surface area contributed by atoms with Crippen molar-refractivity contribution in [1.29, 1.82) is 5.26 Å². The maximum atomic E-state index is 12.1. The zero-order valence-electron chi connectivity index (χ0n) is 12.5. The Morgan fingerprint density at radius 1 is 1.45 bits per heavy atom. The van der Waals surface area contributed by atoms with Gasteiger partial charge in [0.25, 0.3) is 5.91 Å². The average Bonchev–Trinajstić information content (AvgIpc) is 2.81. The summed E-state index contributed by atoms with van der Waals surface area (Å²) in [7, 11) is 4.87. The van der Waals surface area contributed by atoms with E-state index in [2.05, 4.69) is 4.99 Å². The lowest BCUT2D eigenvalue weighted by Gasteiger charge is -2.09. The molecule has 1 amide bonds. The van der Waals surface area contributed by atoms with E-state index in [0.29, 0.717) is 21.6 Å². The summed E-state index contributed by atoms with van der Waals surface area (Å²) < 4.78 is 10.5. The van der Waals surface area contributed by atoms with Crippen molar-refractivity contribution in [3.05, 3.63) is 28.7 Å². The topological polar surface area (TPSA) is 74.9 Å². The van der Waals surface area contributed by atoms with Crippen LogP contribution in [0.15, 0.2) is 28.1 Å². The second kappa shape index (κ2) is 7.00. The van der Waals surface area contributed by atoms with E-state index in [-0.39, 0.29) is 12.5 Å². The number of carbonyl (C=O) groups excluding carboxylic acids is 1. The van der Waals surface area contributed by atoms with Gasteiger partial charge in [0.1, 0.15) is 6.07 Å². The van der Waals surface area contributed by atoms with Crippen molar-refractivity contribution in [1.82, 2.24) is 4.90 Å². The molecule has 0 radical (unpaired) electrons. The Kier molecular flexibility index (Phi) is 5.07. The predicted molar refractivity (Wildman–Crippen MR) is 85.8 cm³/mol. The Labute approximate surface area is 133 Å². The molecule has 114 valence electrons. The van der Waals surface area contributed by atoms with Crippen LogP contribution in [0.5, 0.6) is 11.5 Å². The smallest absolute Gasteiger partial charge is 0.266 e. The molecule has 0 unspecified atom stereocenters. The third kappa shape index (κ3) is 3.23. The molecule has 0 aromatic heterocycles. The SMILES string of the molecule is CN=C1S/C(=C\c2ccc(OCC#N)c(OC)c2)C(=O)N1C. The first-order valence-corrected chi connectivity index (χ1v) is 7.24. The molecule has 0 aliphatic carbocycles. The summed E-state index contributed by atoms with van der Waals surface area (Å²) in [6.45, 7) is -0.0494. The number of nitriles is 1. The highest BCUT2D eigenvalue weighted by molar-refractivity contribution is 8.18. The van der Waals surface area contributed by atoms with Gasteiger partial charge >= 0.3 is 0 Å². The Bertz CT molecular complexity index is 692. The quantitative estimate of drug-likeness (QED) is 0.795. The lowest BCUT2D eigenvalue weighted by molar-refractivity contribution is -0.121. The molecule has 1 saturated heterocycles.